The molecule has 0 saturated carbocycles. The molecule has 2 aromatic rings. The summed E-state index contributed by atoms with van der Waals surface area (Å²) < 4.78 is 0. The molecule has 0 aliphatic heterocycles. The molecule has 0 unspecified atom stereocenters. The number of rotatable bonds is 1. The van der Waals surface area contributed by atoms with Gasteiger partial charge in [-0.3, -0.25) is 0 Å². The van der Waals surface area contributed by atoms with Gasteiger partial charge in [0.15, 0.2) is 0 Å². The van der Waals surface area contributed by atoms with Crippen LogP contribution in [0.15, 0.2) is 30.6 Å². The summed E-state index contributed by atoms with van der Waals surface area (Å²) in [4.78, 5) is 8.45. The van der Waals surface area contributed by atoms with Crippen LogP contribution in [0.2, 0.25) is 0 Å². The number of nitriles is 1. The van der Waals surface area contributed by atoms with Gasteiger partial charge in [-0.15, -0.1) is 0 Å². The Hall–Kier alpha value is -2.21. The van der Waals surface area contributed by atoms with Crippen molar-refractivity contribution in [2.45, 2.75) is 13.8 Å². The number of fused-ring (bicyclic) bond motifs is 1. The second-order valence-corrected chi connectivity index (χ2v) is 3.54. The summed E-state index contributed by atoms with van der Waals surface area (Å²) in [5.41, 5.74) is 3.47. The third kappa shape index (κ3) is 1.66. The van der Waals surface area contributed by atoms with E-state index in [1.807, 2.05) is 26.0 Å². The van der Waals surface area contributed by atoms with Crippen LogP contribution in [0.3, 0.4) is 0 Å². The number of benzene rings is 1. The summed E-state index contributed by atoms with van der Waals surface area (Å²) in [6.45, 7) is 3.99. The van der Waals surface area contributed by atoms with Gasteiger partial charge >= 0.3 is 0 Å². The van der Waals surface area contributed by atoms with Crippen LogP contribution in [0.25, 0.3) is 16.5 Å². The van der Waals surface area contributed by atoms with E-state index < -0.39 is 0 Å². The van der Waals surface area contributed by atoms with Crippen LogP contribution in [0.5, 0.6) is 0 Å². The van der Waals surface area contributed by atoms with E-state index in [9.17, 15) is 0 Å². The van der Waals surface area contributed by atoms with Crippen LogP contribution in [0.1, 0.15) is 25.1 Å². The number of aromatic nitrogens is 2. The van der Waals surface area contributed by atoms with Gasteiger partial charge in [0.2, 0.25) is 0 Å². The monoisotopic (exact) mass is 209 g/mol. The quantitative estimate of drug-likeness (QED) is 0.725. The lowest BCUT2D eigenvalue weighted by Crippen LogP contribution is -1.91. The van der Waals surface area contributed by atoms with Crippen LogP contribution < -0.4 is 0 Å². The SMILES string of the molecule is C/C=C(\C)c1ncnc2cc(C#N)ccc12. The first-order valence-corrected chi connectivity index (χ1v) is 5.04. The summed E-state index contributed by atoms with van der Waals surface area (Å²) in [5.74, 6) is 0. The lowest BCUT2D eigenvalue weighted by atomic mass is 10.1. The van der Waals surface area contributed by atoms with Gasteiger partial charge in [-0.25, -0.2) is 9.97 Å². The van der Waals surface area contributed by atoms with Crippen LogP contribution in [-0.4, -0.2) is 9.97 Å². The molecule has 0 radical (unpaired) electrons. The minimum Gasteiger partial charge on any atom is -0.236 e. The Labute approximate surface area is 94.1 Å². The topological polar surface area (TPSA) is 49.6 Å². The van der Waals surface area contributed by atoms with Gasteiger partial charge in [0.1, 0.15) is 6.33 Å². The molecular weight excluding hydrogens is 198 g/mol. The van der Waals surface area contributed by atoms with Gasteiger partial charge in [-0.1, -0.05) is 6.08 Å². The van der Waals surface area contributed by atoms with Crippen molar-refractivity contribution < 1.29 is 0 Å². The Balaban J connectivity index is 2.76. The summed E-state index contributed by atoms with van der Waals surface area (Å²) in [7, 11) is 0. The molecule has 1 aromatic heterocycles. The Bertz CT molecular complexity index is 606. The highest BCUT2D eigenvalue weighted by molar-refractivity contribution is 5.89. The van der Waals surface area contributed by atoms with Crippen molar-refractivity contribution in [2.75, 3.05) is 0 Å². The molecule has 16 heavy (non-hydrogen) atoms. The Morgan fingerprint density at radius 2 is 2.19 bits per heavy atom. The molecule has 3 heteroatoms. The number of allylic oxidation sites excluding steroid dienone is 2. The van der Waals surface area contributed by atoms with E-state index in [0.717, 1.165) is 22.2 Å². The Morgan fingerprint density at radius 1 is 1.38 bits per heavy atom. The van der Waals surface area contributed by atoms with Crippen molar-refractivity contribution in [3.63, 3.8) is 0 Å². The fraction of sp³-hybridized carbons (Fsp3) is 0.154. The molecule has 1 heterocycles. The Morgan fingerprint density at radius 3 is 2.88 bits per heavy atom. The van der Waals surface area contributed by atoms with Crippen LogP contribution in [0.4, 0.5) is 0 Å². The van der Waals surface area contributed by atoms with Gasteiger partial charge in [0, 0.05) is 5.39 Å². The van der Waals surface area contributed by atoms with Gasteiger partial charge < -0.3 is 0 Å². The van der Waals surface area contributed by atoms with Gasteiger partial charge in [0.05, 0.1) is 22.8 Å². The average Bonchev–Trinajstić information content (AvgIpc) is 2.36. The van der Waals surface area contributed by atoms with E-state index >= 15 is 0 Å². The molecule has 0 bridgehead atoms. The maximum atomic E-state index is 8.82. The molecule has 0 fully saturated rings. The second kappa shape index (κ2) is 4.11. The van der Waals surface area contributed by atoms with Crippen molar-refractivity contribution >= 4 is 16.5 Å². The van der Waals surface area contributed by atoms with Crippen LogP contribution in [0, 0.1) is 11.3 Å². The highest BCUT2D eigenvalue weighted by Crippen LogP contribution is 2.21. The van der Waals surface area contributed by atoms with E-state index in [0.29, 0.717) is 5.56 Å². The summed E-state index contributed by atoms with van der Waals surface area (Å²) in [5, 5.41) is 9.80. The Kier molecular flexibility index (Phi) is 2.65. The zero-order valence-corrected chi connectivity index (χ0v) is 9.23. The molecule has 78 valence electrons. The molecule has 2 rings (SSSR count). The van der Waals surface area contributed by atoms with Gasteiger partial charge in [0.25, 0.3) is 0 Å². The fourth-order valence-electron chi connectivity index (χ4n) is 1.58. The van der Waals surface area contributed by atoms with Crippen LogP contribution in [-0.2, 0) is 0 Å². The zero-order valence-electron chi connectivity index (χ0n) is 9.23. The first kappa shape index (κ1) is 10.3. The van der Waals surface area contributed by atoms with E-state index in [-0.39, 0.29) is 0 Å². The van der Waals surface area contributed by atoms with Crippen molar-refractivity contribution in [2.24, 2.45) is 0 Å². The molecule has 0 atom stereocenters. The molecule has 0 aliphatic carbocycles. The van der Waals surface area contributed by atoms with E-state index in [2.05, 4.69) is 16.0 Å². The third-order valence-electron chi connectivity index (χ3n) is 2.57. The van der Waals surface area contributed by atoms with E-state index in [1.54, 1.807) is 12.1 Å². The fourth-order valence-corrected chi connectivity index (χ4v) is 1.58. The first-order chi connectivity index (χ1) is 7.76. The van der Waals surface area contributed by atoms with Crippen LogP contribution >= 0.6 is 0 Å². The van der Waals surface area contributed by atoms with E-state index in [1.165, 1.54) is 6.33 Å². The van der Waals surface area contributed by atoms with Crippen molar-refractivity contribution in [3.8, 4) is 6.07 Å². The maximum Gasteiger partial charge on any atom is 0.116 e. The zero-order chi connectivity index (χ0) is 11.5. The number of nitrogens with zero attached hydrogens (tertiary/aromatic N) is 3. The molecule has 0 amide bonds. The smallest absolute Gasteiger partial charge is 0.116 e. The highest BCUT2D eigenvalue weighted by Gasteiger charge is 2.05. The predicted molar refractivity (Wildman–Crippen MR) is 63.6 cm³/mol. The summed E-state index contributed by atoms with van der Waals surface area (Å²) >= 11 is 0. The largest absolute Gasteiger partial charge is 0.236 e. The normalized spacial score (nSPS) is 11.4. The number of hydrogen-bond donors (Lipinski definition) is 0. The maximum absolute atomic E-state index is 8.82. The van der Waals surface area contributed by atoms with Gasteiger partial charge in [-0.2, -0.15) is 5.26 Å². The van der Waals surface area contributed by atoms with Crippen molar-refractivity contribution in [1.29, 1.82) is 5.26 Å². The second-order valence-electron chi connectivity index (χ2n) is 3.54. The van der Waals surface area contributed by atoms with Crippen molar-refractivity contribution in [1.82, 2.24) is 9.97 Å². The molecule has 0 spiro atoms. The summed E-state index contributed by atoms with van der Waals surface area (Å²) in [6, 6.07) is 7.58. The summed E-state index contributed by atoms with van der Waals surface area (Å²) in [6.07, 6.45) is 3.55. The molecular formula is C13H11N3. The third-order valence-corrected chi connectivity index (χ3v) is 2.57. The van der Waals surface area contributed by atoms with Gasteiger partial charge in [-0.05, 0) is 37.6 Å². The minimum absolute atomic E-state index is 0.621. The molecule has 3 nitrogen and oxygen atoms in total. The molecule has 0 saturated heterocycles. The average molecular weight is 209 g/mol. The predicted octanol–water partition coefficient (Wildman–Crippen LogP) is 2.92. The minimum atomic E-state index is 0.621. The first-order valence-electron chi connectivity index (χ1n) is 5.04. The number of hydrogen-bond acceptors (Lipinski definition) is 3. The molecule has 1 aromatic carbocycles. The highest BCUT2D eigenvalue weighted by atomic mass is 14.8. The molecule has 0 aliphatic rings. The standard InChI is InChI=1S/C13H11N3/c1-3-9(2)13-11-5-4-10(7-14)6-12(11)15-8-16-13/h3-6,8H,1-2H3/b9-3+. The van der Waals surface area contributed by atoms with E-state index in [4.69, 9.17) is 5.26 Å². The lowest BCUT2D eigenvalue weighted by Gasteiger charge is -2.04. The molecule has 0 N–H and O–H groups in total. The van der Waals surface area contributed by atoms with Crippen molar-refractivity contribution in [3.05, 3.63) is 41.9 Å². The lowest BCUT2D eigenvalue weighted by molar-refractivity contribution is 1.19.